The van der Waals surface area contributed by atoms with Gasteiger partial charge in [0.05, 0.1) is 0 Å². The molecule has 5 heteroatoms. The first-order valence-electron chi connectivity index (χ1n) is 11.7. The fourth-order valence-corrected chi connectivity index (χ4v) is 3.68. The van der Waals surface area contributed by atoms with Crippen LogP contribution >= 0.6 is 0 Å². The normalized spacial score (nSPS) is 13.1. The molecule has 0 radical (unpaired) electrons. The predicted octanol–water partition coefficient (Wildman–Crippen LogP) is 3.11. The lowest BCUT2D eigenvalue weighted by Crippen LogP contribution is -2.46. The van der Waals surface area contributed by atoms with Gasteiger partial charge in [0.1, 0.15) is 0 Å². The van der Waals surface area contributed by atoms with E-state index >= 15 is 0 Å². The summed E-state index contributed by atoms with van der Waals surface area (Å²) in [6.07, 6.45) is 0. The summed E-state index contributed by atoms with van der Waals surface area (Å²) in [6, 6.07) is 2.98. The van der Waals surface area contributed by atoms with Crippen LogP contribution in [0.25, 0.3) is 0 Å². The number of nitrogens with one attached hydrogen (secondary N) is 2. The van der Waals surface area contributed by atoms with Gasteiger partial charge in [0, 0.05) is 82.6 Å². The van der Waals surface area contributed by atoms with Gasteiger partial charge in [0.15, 0.2) is 0 Å². The molecule has 0 saturated heterocycles. The molecule has 0 amide bonds. The van der Waals surface area contributed by atoms with Crippen LogP contribution in [0.3, 0.4) is 0 Å². The lowest BCUT2D eigenvalue weighted by molar-refractivity contribution is 0.129. The van der Waals surface area contributed by atoms with Crippen LogP contribution in [0.1, 0.15) is 69.2 Å². The van der Waals surface area contributed by atoms with Gasteiger partial charge in [0.25, 0.3) is 0 Å². The smallest absolute Gasteiger partial charge is 0.0115 e. The molecule has 0 spiro atoms. The Hall–Kier alpha value is -0.200. The number of nitrogens with zero attached hydrogens (tertiary/aromatic N) is 3. The van der Waals surface area contributed by atoms with Crippen molar-refractivity contribution in [2.45, 2.75) is 99.4 Å². The zero-order valence-corrected chi connectivity index (χ0v) is 20.9. The van der Waals surface area contributed by atoms with Gasteiger partial charge in [-0.05, 0) is 55.4 Å². The molecule has 170 valence electrons. The van der Waals surface area contributed by atoms with E-state index in [1.807, 2.05) is 0 Å². The van der Waals surface area contributed by atoms with E-state index in [0.717, 1.165) is 52.4 Å². The van der Waals surface area contributed by atoms with Gasteiger partial charge in [-0.1, -0.05) is 13.8 Å². The van der Waals surface area contributed by atoms with Crippen LogP contribution in [0, 0.1) is 0 Å². The average Bonchev–Trinajstić information content (AvgIpc) is 2.56. The Morgan fingerprint density at radius 2 is 0.929 bits per heavy atom. The molecule has 0 saturated carbocycles. The van der Waals surface area contributed by atoms with E-state index in [-0.39, 0.29) is 0 Å². The number of hydrogen-bond acceptors (Lipinski definition) is 5. The Morgan fingerprint density at radius 3 is 1.32 bits per heavy atom. The highest BCUT2D eigenvalue weighted by atomic mass is 15.2. The average molecular weight is 400 g/mol. The van der Waals surface area contributed by atoms with Gasteiger partial charge in [-0.3, -0.25) is 14.7 Å². The third-order valence-electron chi connectivity index (χ3n) is 5.54. The minimum Gasteiger partial charge on any atom is -0.314 e. The topological polar surface area (TPSA) is 33.8 Å². The summed E-state index contributed by atoms with van der Waals surface area (Å²) in [6.45, 7) is 31.7. The first kappa shape index (κ1) is 27.8. The maximum Gasteiger partial charge on any atom is 0.0115 e. The second kappa shape index (κ2) is 15.6. The quantitative estimate of drug-likeness (QED) is 0.367. The molecule has 5 nitrogen and oxygen atoms in total. The SMILES string of the molecule is CC(C)NCCN(CCNCCN(CCN(C(C)C)C(C)C)C(C)C)C(C)C. The lowest BCUT2D eigenvalue weighted by atomic mass is 10.2. The maximum absolute atomic E-state index is 3.67. The van der Waals surface area contributed by atoms with Crippen molar-refractivity contribution >= 4 is 0 Å². The highest BCUT2D eigenvalue weighted by Gasteiger charge is 2.16. The fourth-order valence-electron chi connectivity index (χ4n) is 3.68. The predicted molar refractivity (Wildman–Crippen MR) is 126 cm³/mol. The molecule has 0 bridgehead atoms. The van der Waals surface area contributed by atoms with Crippen LogP contribution < -0.4 is 10.6 Å². The van der Waals surface area contributed by atoms with E-state index in [4.69, 9.17) is 0 Å². The van der Waals surface area contributed by atoms with Gasteiger partial charge < -0.3 is 10.6 Å². The molecule has 0 aromatic heterocycles. The second-order valence-corrected chi connectivity index (χ2v) is 9.54. The van der Waals surface area contributed by atoms with Crippen molar-refractivity contribution in [3.05, 3.63) is 0 Å². The van der Waals surface area contributed by atoms with E-state index < -0.39 is 0 Å². The minimum atomic E-state index is 0.566. The maximum atomic E-state index is 3.67. The van der Waals surface area contributed by atoms with E-state index in [0.29, 0.717) is 30.2 Å². The highest BCUT2D eigenvalue weighted by molar-refractivity contribution is 4.73. The molecular weight excluding hydrogens is 346 g/mol. The van der Waals surface area contributed by atoms with Crippen LogP contribution in [0.2, 0.25) is 0 Å². The Balaban J connectivity index is 4.19. The molecular formula is C23H53N5. The third kappa shape index (κ3) is 13.1. The van der Waals surface area contributed by atoms with Crippen molar-refractivity contribution in [1.29, 1.82) is 0 Å². The molecule has 0 aliphatic rings. The Bertz CT molecular complexity index is 347. The zero-order valence-electron chi connectivity index (χ0n) is 20.9. The first-order chi connectivity index (χ1) is 13.1. The summed E-state index contributed by atoms with van der Waals surface area (Å²) in [5, 5.41) is 7.20. The van der Waals surface area contributed by atoms with E-state index in [2.05, 4.69) is 94.6 Å². The fraction of sp³-hybridized carbons (Fsp3) is 1.00. The number of hydrogen-bond donors (Lipinski definition) is 2. The molecule has 0 rings (SSSR count). The summed E-state index contributed by atoms with van der Waals surface area (Å²) in [5.74, 6) is 0. The monoisotopic (exact) mass is 399 g/mol. The van der Waals surface area contributed by atoms with Crippen LogP contribution in [-0.4, -0.2) is 97.3 Å². The summed E-state index contributed by atoms with van der Waals surface area (Å²) >= 11 is 0. The molecule has 2 N–H and O–H groups in total. The molecule has 28 heavy (non-hydrogen) atoms. The van der Waals surface area contributed by atoms with Crippen LogP contribution in [0.15, 0.2) is 0 Å². The second-order valence-electron chi connectivity index (χ2n) is 9.54. The summed E-state index contributed by atoms with van der Waals surface area (Å²) in [4.78, 5) is 7.76. The molecule has 0 aromatic carbocycles. The molecule has 0 atom stereocenters. The van der Waals surface area contributed by atoms with E-state index in [9.17, 15) is 0 Å². The Morgan fingerprint density at radius 1 is 0.500 bits per heavy atom. The highest BCUT2D eigenvalue weighted by Crippen LogP contribution is 2.06. The molecule has 0 aromatic rings. The summed E-state index contributed by atoms with van der Waals surface area (Å²) in [5.41, 5.74) is 0. The molecule has 0 heterocycles. The molecule has 0 fully saturated rings. The van der Waals surface area contributed by atoms with Crippen molar-refractivity contribution in [1.82, 2.24) is 25.3 Å². The van der Waals surface area contributed by atoms with Gasteiger partial charge in [0.2, 0.25) is 0 Å². The van der Waals surface area contributed by atoms with Crippen molar-refractivity contribution in [3.63, 3.8) is 0 Å². The van der Waals surface area contributed by atoms with Crippen molar-refractivity contribution in [3.8, 4) is 0 Å². The number of rotatable bonds is 17. The molecule has 0 aliphatic carbocycles. The van der Waals surface area contributed by atoms with Crippen LogP contribution in [0.4, 0.5) is 0 Å². The van der Waals surface area contributed by atoms with Crippen LogP contribution in [-0.2, 0) is 0 Å². The molecule has 0 unspecified atom stereocenters. The van der Waals surface area contributed by atoms with Gasteiger partial charge in [-0.25, -0.2) is 0 Å². The van der Waals surface area contributed by atoms with Crippen molar-refractivity contribution in [2.75, 3.05) is 52.4 Å². The van der Waals surface area contributed by atoms with Crippen molar-refractivity contribution in [2.24, 2.45) is 0 Å². The lowest BCUT2D eigenvalue weighted by Gasteiger charge is -2.34. The van der Waals surface area contributed by atoms with E-state index in [1.54, 1.807) is 0 Å². The Labute approximate surface area is 177 Å². The summed E-state index contributed by atoms with van der Waals surface area (Å²) in [7, 11) is 0. The van der Waals surface area contributed by atoms with Gasteiger partial charge in [-0.15, -0.1) is 0 Å². The van der Waals surface area contributed by atoms with E-state index in [1.165, 1.54) is 0 Å². The first-order valence-corrected chi connectivity index (χ1v) is 11.7. The van der Waals surface area contributed by atoms with Gasteiger partial charge in [-0.2, -0.15) is 0 Å². The molecule has 0 aliphatic heterocycles. The standard InChI is InChI=1S/C23H53N5/c1-19(2)25-13-16-26(20(3)4)14-11-24-12-15-27(21(5)6)17-18-28(22(7)8)23(9)10/h19-25H,11-18H2,1-10H3. The summed E-state index contributed by atoms with van der Waals surface area (Å²) < 4.78 is 0. The van der Waals surface area contributed by atoms with Gasteiger partial charge >= 0.3 is 0 Å². The van der Waals surface area contributed by atoms with Crippen LogP contribution in [0.5, 0.6) is 0 Å². The van der Waals surface area contributed by atoms with Crippen molar-refractivity contribution < 1.29 is 0 Å². The third-order valence-corrected chi connectivity index (χ3v) is 5.54. The zero-order chi connectivity index (χ0) is 21.7. The largest absolute Gasteiger partial charge is 0.314 e. The minimum absolute atomic E-state index is 0.566. The Kier molecular flexibility index (Phi) is 15.5.